The highest BCUT2D eigenvalue weighted by molar-refractivity contribution is 5.90. The third kappa shape index (κ3) is 2.74. The number of halogens is 3. The summed E-state index contributed by atoms with van der Waals surface area (Å²) in [6.45, 7) is 0. The molecule has 3 N–H and O–H groups in total. The lowest BCUT2D eigenvalue weighted by molar-refractivity contribution is -0.384. The quantitative estimate of drug-likeness (QED) is 0.640. The van der Waals surface area contributed by atoms with Gasteiger partial charge in [0.15, 0.2) is 0 Å². The van der Waals surface area contributed by atoms with Crippen LogP contribution in [0.25, 0.3) is 0 Å². The molecular formula is C9H7F3N2O4. The molecule has 0 aliphatic rings. The van der Waals surface area contributed by atoms with E-state index in [-0.39, 0.29) is 0 Å². The molecule has 1 rings (SSSR count). The van der Waals surface area contributed by atoms with Gasteiger partial charge in [-0.2, -0.15) is 13.2 Å². The number of hydrogen-bond acceptors (Lipinski definition) is 4. The zero-order valence-electron chi connectivity index (χ0n) is 8.64. The molecule has 0 amide bonds. The monoisotopic (exact) mass is 264 g/mol. The second-order valence-corrected chi connectivity index (χ2v) is 3.35. The van der Waals surface area contributed by atoms with Crippen LogP contribution in [0, 0.1) is 10.1 Å². The van der Waals surface area contributed by atoms with E-state index in [1.807, 2.05) is 0 Å². The number of nitro groups is 1. The minimum absolute atomic E-state index is 0.545. The normalized spacial score (nSPS) is 13.1. The third-order valence-corrected chi connectivity index (χ3v) is 2.17. The SMILES string of the molecule is N[C@H](c1ccc([N+](=O)[O-])cc1C(=O)O)C(F)(F)F. The molecule has 0 aliphatic carbocycles. The van der Waals surface area contributed by atoms with Crippen molar-refractivity contribution in [1.82, 2.24) is 0 Å². The van der Waals surface area contributed by atoms with E-state index in [0.29, 0.717) is 12.1 Å². The Morgan fingerprint density at radius 3 is 2.39 bits per heavy atom. The van der Waals surface area contributed by atoms with Gasteiger partial charge in [0.05, 0.1) is 10.5 Å². The Bertz CT molecular complexity index is 501. The number of rotatable bonds is 3. The number of nitro benzene ring substituents is 1. The standard InChI is InChI=1S/C9H7F3N2O4/c10-9(11,12)7(13)5-2-1-4(14(17)18)3-6(5)8(15)16/h1-3,7H,13H2,(H,15,16)/t7-/m1/s1. The van der Waals surface area contributed by atoms with Crippen LogP contribution in [0.15, 0.2) is 18.2 Å². The first-order valence-electron chi connectivity index (χ1n) is 4.48. The van der Waals surface area contributed by atoms with E-state index in [0.717, 1.165) is 6.07 Å². The van der Waals surface area contributed by atoms with E-state index >= 15 is 0 Å². The van der Waals surface area contributed by atoms with Crippen molar-refractivity contribution in [2.24, 2.45) is 5.73 Å². The highest BCUT2D eigenvalue weighted by Gasteiger charge is 2.40. The predicted octanol–water partition coefficient (Wildman–Crippen LogP) is 1.86. The van der Waals surface area contributed by atoms with Crippen molar-refractivity contribution in [2.75, 3.05) is 0 Å². The molecule has 0 saturated carbocycles. The van der Waals surface area contributed by atoms with Crippen molar-refractivity contribution in [3.63, 3.8) is 0 Å². The number of nitrogens with two attached hydrogens (primary N) is 1. The number of non-ortho nitro benzene ring substituents is 1. The lowest BCUT2D eigenvalue weighted by Gasteiger charge is -2.17. The molecule has 1 aromatic carbocycles. The molecule has 98 valence electrons. The van der Waals surface area contributed by atoms with Crippen LogP contribution in [-0.2, 0) is 0 Å². The summed E-state index contributed by atoms with van der Waals surface area (Å²) in [7, 11) is 0. The summed E-state index contributed by atoms with van der Waals surface area (Å²) in [4.78, 5) is 20.3. The molecule has 0 unspecified atom stereocenters. The van der Waals surface area contributed by atoms with Gasteiger partial charge < -0.3 is 10.8 Å². The molecule has 0 spiro atoms. The van der Waals surface area contributed by atoms with Crippen LogP contribution < -0.4 is 5.73 Å². The van der Waals surface area contributed by atoms with Gasteiger partial charge in [0.2, 0.25) is 0 Å². The third-order valence-electron chi connectivity index (χ3n) is 2.17. The average Bonchev–Trinajstić information content (AvgIpc) is 2.25. The predicted molar refractivity (Wildman–Crippen MR) is 53.0 cm³/mol. The van der Waals surface area contributed by atoms with Crippen molar-refractivity contribution < 1.29 is 28.0 Å². The first kappa shape index (κ1) is 13.9. The van der Waals surface area contributed by atoms with Crippen molar-refractivity contribution in [1.29, 1.82) is 0 Å². The summed E-state index contributed by atoms with van der Waals surface area (Å²) in [6, 6.07) is -0.500. The summed E-state index contributed by atoms with van der Waals surface area (Å²) in [5.41, 5.74) is 2.70. The number of hydrogen-bond donors (Lipinski definition) is 2. The minimum Gasteiger partial charge on any atom is -0.478 e. The minimum atomic E-state index is -4.83. The van der Waals surface area contributed by atoms with Crippen molar-refractivity contribution in [3.8, 4) is 0 Å². The van der Waals surface area contributed by atoms with E-state index in [2.05, 4.69) is 0 Å². The topological polar surface area (TPSA) is 106 Å². The van der Waals surface area contributed by atoms with Crippen molar-refractivity contribution in [2.45, 2.75) is 12.2 Å². The molecule has 0 heterocycles. The zero-order valence-corrected chi connectivity index (χ0v) is 8.64. The first-order chi connectivity index (χ1) is 8.14. The van der Waals surface area contributed by atoms with Gasteiger partial charge in [0, 0.05) is 12.1 Å². The Labute approximate surface area is 98.0 Å². The summed E-state index contributed by atoms with van der Waals surface area (Å²) in [5.74, 6) is -1.71. The van der Waals surface area contributed by atoms with E-state index < -0.39 is 39.9 Å². The number of carboxylic acids is 1. The number of aromatic carboxylic acids is 1. The molecule has 0 radical (unpaired) electrons. The Balaban J connectivity index is 3.37. The van der Waals surface area contributed by atoms with Gasteiger partial charge in [0.1, 0.15) is 6.04 Å². The zero-order chi connectivity index (χ0) is 14.1. The number of alkyl halides is 3. The van der Waals surface area contributed by atoms with Crippen LogP contribution in [-0.4, -0.2) is 22.2 Å². The molecular weight excluding hydrogens is 257 g/mol. The fourth-order valence-electron chi connectivity index (χ4n) is 1.29. The fourth-order valence-corrected chi connectivity index (χ4v) is 1.29. The number of carboxylic acid groups (broad SMARTS) is 1. The van der Waals surface area contributed by atoms with E-state index in [9.17, 15) is 28.1 Å². The number of carbonyl (C=O) groups is 1. The first-order valence-corrected chi connectivity index (χ1v) is 4.48. The van der Waals surface area contributed by atoms with E-state index in [1.54, 1.807) is 0 Å². The van der Waals surface area contributed by atoms with Gasteiger partial charge >= 0.3 is 12.1 Å². The molecule has 0 aromatic heterocycles. The van der Waals surface area contributed by atoms with E-state index in [4.69, 9.17) is 10.8 Å². The van der Waals surface area contributed by atoms with Gasteiger partial charge in [-0.25, -0.2) is 4.79 Å². The second-order valence-electron chi connectivity index (χ2n) is 3.35. The van der Waals surface area contributed by atoms with Crippen LogP contribution >= 0.6 is 0 Å². The molecule has 18 heavy (non-hydrogen) atoms. The summed E-state index contributed by atoms with van der Waals surface area (Å²) in [6.07, 6.45) is -4.83. The average molecular weight is 264 g/mol. The van der Waals surface area contributed by atoms with Crippen LogP contribution in [0.2, 0.25) is 0 Å². The molecule has 0 aliphatic heterocycles. The van der Waals surface area contributed by atoms with Crippen molar-refractivity contribution in [3.05, 3.63) is 39.4 Å². The Kier molecular flexibility index (Phi) is 3.56. The number of benzene rings is 1. The molecule has 0 fully saturated rings. The number of nitrogens with zero attached hydrogens (tertiary/aromatic N) is 1. The Morgan fingerprint density at radius 1 is 1.44 bits per heavy atom. The van der Waals surface area contributed by atoms with Gasteiger partial charge in [-0.15, -0.1) is 0 Å². The molecule has 0 bridgehead atoms. The van der Waals surface area contributed by atoms with Gasteiger partial charge in [-0.1, -0.05) is 0 Å². The lowest BCUT2D eigenvalue weighted by atomic mass is 10.00. The molecule has 6 nitrogen and oxygen atoms in total. The Hall–Kier alpha value is -2.16. The summed E-state index contributed by atoms with van der Waals surface area (Å²) >= 11 is 0. The highest BCUT2D eigenvalue weighted by atomic mass is 19.4. The van der Waals surface area contributed by atoms with Crippen LogP contribution in [0.3, 0.4) is 0 Å². The molecule has 1 atom stereocenters. The maximum absolute atomic E-state index is 12.4. The van der Waals surface area contributed by atoms with E-state index in [1.165, 1.54) is 0 Å². The molecule has 1 aromatic rings. The van der Waals surface area contributed by atoms with Gasteiger partial charge in [-0.3, -0.25) is 10.1 Å². The summed E-state index contributed by atoms with van der Waals surface area (Å²) in [5, 5.41) is 19.2. The largest absolute Gasteiger partial charge is 0.478 e. The van der Waals surface area contributed by atoms with Gasteiger partial charge in [0.25, 0.3) is 5.69 Å². The Morgan fingerprint density at radius 2 is 2.00 bits per heavy atom. The fraction of sp³-hybridized carbons (Fsp3) is 0.222. The van der Waals surface area contributed by atoms with Crippen LogP contribution in [0.5, 0.6) is 0 Å². The van der Waals surface area contributed by atoms with Crippen molar-refractivity contribution >= 4 is 11.7 Å². The van der Waals surface area contributed by atoms with Crippen LogP contribution in [0.1, 0.15) is 22.0 Å². The maximum Gasteiger partial charge on any atom is 0.407 e. The lowest BCUT2D eigenvalue weighted by Crippen LogP contribution is -2.30. The molecule has 9 heteroatoms. The van der Waals surface area contributed by atoms with Gasteiger partial charge in [-0.05, 0) is 11.6 Å². The smallest absolute Gasteiger partial charge is 0.407 e. The highest BCUT2D eigenvalue weighted by Crippen LogP contribution is 2.33. The summed E-state index contributed by atoms with van der Waals surface area (Å²) < 4.78 is 37.2. The second kappa shape index (κ2) is 4.61. The van der Waals surface area contributed by atoms with Crippen LogP contribution in [0.4, 0.5) is 18.9 Å². The molecule has 0 saturated heterocycles. The maximum atomic E-state index is 12.4.